The Hall–Kier alpha value is -5.92. The molecule has 1 saturated heterocycles. The molecule has 1 fully saturated rings. The zero-order chi connectivity index (χ0) is 33.0. The van der Waals surface area contributed by atoms with Crippen LogP contribution in [0.1, 0.15) is 23.5 Å². The molecule has 0 saturated carbocycles. The summed E-state index contributed by atoms with van der Waals surface area (Å²) in [6, 6.07) is 54.3. The van der Waals surface area contributed by atoms with Crippen molar-refractivity contribution in [2.75, 3.05) is 6.54 Å². The monoisotopic (exact) mass is 648 g/mol. The van der Waals surface area contributed by atoms with Gasteiger partial charge in [0.1, 0.15) is 5.82 Å². The van der Waals surface area contributed by atoms with Crippen LogP contribution in [-0.4, -0.2) is 21.8 Å². The molecule has 2 aromatic heterocycles. The second-order valence-corrected chi connectivity index (χ2v) is 13.2. The van der Waals surface area contributed by atoms with E-state index in [1.165, 1.54) is 60.3 Å². The molecule has 6 aromatic carbocycles. The van der Waals surface area contributed by atoms with E-state index in [9.17, 15) is 0 Å². The fraction of sp³-hybridized carbons (Fsp3) is 0.0909. The van der Waals surface area contributed by atoms with E-state index in [0.717, 1.165) is 18.1 Å². The first kappa shape index (κ1) is 29.0. The Bertz CT molecular complexity index is 2530. The minimum Gasteiger partial charge on any atom is -0.368 e. The molecular formula is C44H36N6. The van der Waals surface area contributed by atoms with E-state index in [1.807, 2.05) is 0 Å². The predicted molar refractivity (Wildman–Crippen MR) is 206 cm³/mol. The maximum atomic E-state index is 3.87. The molecule has 2 aliphatic heterocycles. The molecule has 10 rings (SSSR count). The van der Waals surface area contributed by atoms with Crippen molar-refractivity contribution in [1.29, 1.82) is 0 Å². The van der Waals surface area contributed by atoms with Crippen molar-refractivity contribution in [3.8, 4) is 5.69 Å². The highest BCUT2D eigenvalue weighted by atomic mass is 15.4. The standard InChI is InChI=1S/C44H36N6/c1-4-14-29(15-5-1)42-46-43(30-16-6-2-7-17-30)48-44(47-42)31-24-25-45-41(26-31)50-38-23-13-11-21-34(38)36-27-35-33-20-10-12-22-37(33)49(39(35)28-40(36)50)32-18-8-3-9-19-32/h1-24,26-28,42-48H,25H2. The van der Waals surface area contributed by atoms with Gasteiger partial charge in [-0.25, -0.2) is 0 Å². The molecule has 6 heteroatoms. The van der Waals surface area contributed by atoms with Gasteiger partial charge in [0.2, 0.25) is 0 Å². The Morgan fingerprint density at radius 1 is 0.440 bits per heavy atom. The quantitative estimate of drug-likeness (QED) is 0.151. The highest BCUT2D eigenvalue weighted by Crippen LogP contribution is 2.39. The molecule has 0 radical (unpaired) electrons. The van der Waals surface area contributed by atoms with Gasteiger partial charge in [-0.3, -0.25) is 20.5 Å². The van der Waals surface area contributed by atoms with E-state index in [-0.39, 0.29) is 18.5 Å². The molecule has 2 aliphatic rings. The van der Waals surface area contributed by atoms with Crippen molar-refractivity contribution in [3.05, 3.63) is 181 Å². The van der Waals surface area contributed by atoms with Gasteiger partial charge in [-0.2, -0.15) is 0 Å². The topological polar surface area (TPSA) is 58.0 Å². The van der Waals surface area contributed by atoms with Crippen molar-refractivity contribution in [1.82, 2.24) is 30.4 Å². The Morgan fingerprint density at radius 2 is 0.940 bits per heavy atom. The van der Waals surface area contributed by atoms with Crippen LogP contribution in [0.15, 0.2) is 169 Å². The summed E-state index contributed by atoms with van der Waals surface area (Å²) in [5, 5.41) is 20.3. The third kappa shape index (κ3) is 4.76. The van der Waals surface area contributed by atoms with Crippen molar-refractivity contribution >= 4 is 49.4 Å². The second-order valence-electron chi connectivity index (χ2n) is 13.2. The van der Waals surface area contributed by atoms with Crippen LogP contribution in [0.2, 0.25) is 0 Å². The van der Waals surface area contributed by atoms with Crippen LogP contribution in [0.4, 0.5) is 0 Å². The van der Waals surface area contributed by atoms with Crippen LogP contribution >= 0.6 is 0 Å². The average molecular weight is 649 g/mol. The van der Waals surface area contributed by atoms with Crippen LogP contribution in [0, 0.1) is 0 Å². The lowest BCUT2D eigenvalue weighted by atomic mass is 10.0. The Labute approximate surface area is 290 Å². The number of rotatable bonds is 5. The molecule has 50 heavy (non-hydrogen) atoms. The summed E-state index contributed by atoms with van der Waals surface area (Å²) in [6.07, 6.45) is 4.47. The fourth-order valence-corrected chi connectivity index (χ4v) is 7.94. The number of hydrogen-bond acceptors (Lipinski definition) is 4. The fourth-order valence-electron chi connectivity index (χ4n) is 7.94. The van der Waals surface area contributed by atoms with E-state index < -0.39 is 0 Å². The summed E-state index contributed by atoms with van der Waals surface area (Å²) in [5.41, 5.74) is 9.53. The number of hydrogen-bond donors (Lipinski definition) is 4. The van der Waals surface area contributed by atoms with E-state index in [1.54, 1.807) is 0 Å². The van der Waals surface area contributed by atoms with Crippen LogP contribution in [0.25, 0.3) is 55.1 Å². The van der Waals surface area contributed by atoms with Gasteiger partial charge in [-0.05, 0) is 59.2 Å². The van der Waals surface area contributed by atoms with Gasteiger partial charge in [0.15, 0.2) is 0 Å². The third-order valence-corrected chi connectivity index (χ3v) is 10.2. The second kappa shape index (κ2) is 11.9. The summed E-state index contributed by atoms with van der Waals surface area (Å²) in [5.74, 6) is 1.06. The predicted octanol–water partition coefficient (Wildman–Crippen LogP) is 8.73. The molecule has 2 unspecified atom stereocenters. The molecule has 2 atom stereocenters. The van der Waals surface area contributed by atoms with E-state index in [0.29, 0.717) is 0 Å². The Morgan fingerprint density at radius 3 is 1.56 bits per heavy atom. The van der Waals surface area contributed by atoms with E-state index >= 15 is 0 Å². The minimum absolute atomic E-state index is 0.0262. The molecular weight excluding hydrogens is 613 g/mol. The highest BCUT2D eigenvalue weighted by molar-refractivity contribution is 6.19. The lowest BCUT2D eigenvalue weighted by Gasteiger charge is -2.40. The van der Waals surface area contributed by atoms with E-state index in [2.05, 4.69) is 194 Å². The van der Waals surface area contributed by atoms with Gasteiger partial charge in [0, 0.05) is 33.8 Å². The maximum absolute atomic E-state index is 3.87. The van der Waals surface area contributed by atoms with Crippen LogP contribution in [0.5, 0.6) is 0 Å². The maximum Gasteiger partial charge on any atom is 0.111 e. The van der Waals surface area contributed by atoms with Crippen LogP contribution < -0.4 is 21.3 Å². The van der Waals surface area contributed by atoms with Crippen LogP contribution in [-0.2, 0) is 0 Å². The summed E-state index contributed by atoms with van der Waals surface area (Å²) >= 11 is 0. The summed E-state index contributed by atoms with van der Waals surface area (Å²) in [7, 11) is 0. The zero-order valence-electron chi connectivity index (χ0n) is 27.4. The lowest BCUT2D eigenvalue weighted by molar-refractivity contribution is 0.224. The van der Waals surface area contributed by atoms with Crippen molar-refractivity contribution < 1.29 is 0 Å². The first-order valence-corrected chi connectivity index (χ1v) is 17.4. The van der Waals surface area contributed by atoms with Gasteiger partial charge < -0.3 is 9.88 Å². The third-order valence-electron chi connectivity index (χ3n) is 10.2. The van der Waals surface area contributed by atoms with Crippen LogP contribution in [0.3, 0.4) is 0 Å². The van der Waals surface area contributed by atoms with Crippen molar-refractivity contribution in [3.63, 3.8) is 0 Å². The Balaban J connectivity index is 1.13. The highest BCUT2D eigenvalue weighted by Gasteiger charge is 2.31. The molecule has 0 aliphatic carbocycles. The van der Waals surface area contributed by atoms with E-state index in [4.69, 9.17) is 0 Å². The lowest BCUT2D eigenvalue weighted by Crippen LogP contribution is -2.59. The number of fused-ring (bicyclic) bond motifs is 6. The molecule has 0 bridgehead atoms. The van der Waals surface area contributed by atoms with Crippen molar-refractivity contribution in [2.45, 2.75) is 18.5 Å². The number of dihydropyridines is 1. The van der Waals surface area contributed by atoms with Gasteiger partial charge >= 0.3 is 0 Å². The number of nitrogens with zero attached hydrogens (tertiary/aromatic N) is 2. The summed E-state index contributed by atoms with van der Waals surface area (Å²) in [6.45, 7) is 0.723. The molecule has 0 amide bonds. The van der Waals surface area contributed by atoms with Gasteiger partial charge in [0.05, 0.1) is 40.6 Å². The number of nitrogens with one attached hydrogen (secondary N) is 4. The smallest absolute Gasteiger partial charge is 0.111 e. The molecule has 8 aromatic rings. The molecule has 0 spiro atoms. The van der Waals surface area contributed by atoms with Crippen molar-refractivity contribution in [2.24, 2.45) is 0 Å². The first-order valence-electron chi connectivity index (χ1n) is 17.4. The average Bonchev–Trinajstić information content (AvgIpc) is 3.70. The van der Waals surface area contributed by atoms with Gasteiger partial charge in [-0.1, -0.05) is 121 Å². The van der Waals surface area contributed by atoms with Gasteiger partial charge in [0.25, 0.3) is 0 Å². The van der Waals surface area contributed by atoms with Gasteiger partial charge in [-0.15, -0.1) is 0 Å². The number of aromatic nitrogens is 2. The Kier molecular flexibility index (Phi) is 6.91. The first-order chi connectivity index (χ1) is 24.8. The normalized spacial score (nSPS) is 19.5. The minimum atomic E-state index is -0.0795. The SMILES string of the molecule is C1=C(C2NC(c3ccccc3)NC(c3ccccc3)N2)C=C(n2c3ccccc3c3cc4c5ccccc5n(-c5ccccc5)c4cc32)NC1. The number of benzene rings is 6. The summed E-state index contributed by atoms with van der Waals surface area (Å²) < 4.78 is 4.81. The largest absolute Gasteiger partial charge is 0.368 e. The molecule has 6 nitrogen and oxygen atoms in total. The molecule has 242 valence electrons. The zero-order valence-corrected chi connectivity index (χ0v) is 27.4. The number of para-hydroxylation sites is 3. The summed E-state index contributed by atoms with van der Waals surface area (Å²) in [4.78, 5) is 0. The molecule has 4 heterocycles. The molecule has 4 N–H and O–H groups in total.